The maximum Gasteiger partial charge on any atom is 0.165 e. The number of nitrogens with zero attached hydrogens (tertiary/aromatic N) is 3. The summed E-state index contributed by atoms with van der Waals surface area (Å²) in [6, 6.07) is 4.81. The Hall–Kier alpha value is -1.92. The number of aliphatic hydroxyl groups excluding tert-OH is 1. The maximum atomic E-state index is 13.4. The summed E-state index contributed by atoms with van der Waals surface area (Å²) in [6.07, 6.45) is 3.54. The topological polar surface area (TPSA) is 50.5 Å². The number of hydrogen-bond acceptors (Lipinski definition) is 4. The van der Waals surface area contributed by atoms with E-state index in [1.54, 1.807) is 24.7 Å². The molecule has 0 unspecified atom stereocenters. The molecule has 0 saturated heterocycles. The average molecular weight is 293 g/mol. The minimum absolute atomic E-state index is 0.0657. The molecule has 1 heterocycles. The van der Waals surface area contributed by atoms with Crippen molar-refractivity contribution in [3.05, 3.63) is 47.8 Å². The van der Waals surface area contributed by atoms with Crippen molar-refractivity contribution in [3.63, 3.8) is 0 Å². The monoisotopic (exact) mass is 293 g/mol. The van der Waals surface area contributed by atoms with Crippen LogP contribution in [-0.4, -0.2) is 39.8 Å². The van der Waals surface area contributed by atoms with Gasteiger partial charge in [-0.1, -0.05) is 6.07 Å². The quantitative estimate of drug-likeness (QED) is 0.842. The molecule has 0 aliphatic heterocycles. The lowest BCUT2D eigenvalue weighted by Crippen LogP contribution is -2.27. The summed E-state index contributed by atoms with van der Waals surface area (Å²) < 4.78 is 20.4. The summed E-state index contributed by atoms with van der Waals surface area (Å²) in [5.74, 6) is -0.140. The molecule has 21 heavy (non-hydrogen) atoms. The zero-order valence-electron chi connectivity index (χ0n) is 12.3. The van der Waals surface area contributed by atoms with E-state index >= 15 is 0 Å². The van der Waals surface area contributed by atoms with Crippen LogP contribution in [0, 0.1) is 5.82 Å². The second kappa shape index (κ2) is 7.19. The van der Waals surface area contributed by atoms with Gasteiger partial charge in [0.15, 0.2) is 11.6 Å². The maximum absolute atomic E-state index is 13.4. The van der Waals surface area contributed by atoms with Crippen molar-refractivity contribution in [2.24, 2.45) is 7.05 Å². The molecular formula is C15H20FN3O2. The molecule has 0 atom stereocenters. The number of ether oxygens (including phenoxy) is 1. The first kappa shape index (κ1) is 15.5. The average Bonchev–Trinajstić information content (AvgIpc) is 2.86. The molecule has 0 saturated carbocycles. The Balaban J connectivity index is 2.10. The highest BCUT2D eigenvalue weighted by atomic mass is 19.1. The van der Waals surface area contributed by atoms with Crippen molar-refractivity contribution >= 4 is 0 Å². The van der Waals surface area contributed by atoms with Gasteiger partial charge in [-0.3, -0.25) is 4.90 Å². The van der Waals surface area contributed by atoms with Gasteiger partial charge >= 0.3 is 0 Å². The fraction of sp³-hybridized carbons (Fsp3) is 0.400. The summed E-state index contributed by atoms with van der Waals surface area (Å²) in [5, 5.41) is 9.21. The van der Waals surface area contributed by atoms with Gasteiger partial charge in [0.25, 0.3) is 0 Å². The molecule has 0 spiro atoms. The smallest absolute Gasteiger partial charge is 0.165 e. The Morgan fingerprint density at radius 1 is 1.38 bits per heavy atom. The molecule has 0 radical (unpaired) electrons. The van der Waals surface area contributed by atoms with Gasteiger partial charge in [-0.2, -0.15) is 0 Å². The van der Waals surface area contributed by atoms with Crippen LogP contribution in [-0.2, 0) is 20.1 Å². The third kappa shape index (κ3) is 4.03. The largest absolute Gasteiger partial charge is 0.494 e. The van der Waals surface area contributed by atoms with E-state index in [0.717, 1.165) is 11.3 Å². The van der Waals surface area contributed by atoms with Gasteiger partial charge in [0.1, 0.15) is 0 Å². The highest BCUT2D eigenvalue weighted by Gasteiger charge is 2.11. The van der Waals surface area contributed by atoms with Gasteiger partial charge in [-0.15, -0.1) is 0 Å². The normalized spacial score (nSPS) is 11.1. The fourth-order valence-electron chi connectivity index (χ4n) is 2.18. The number of methoxy groups -OCH3 is 1. The zero-order valence-corrected chi connectivity index (χ0v) is 12.3. The highest BCUT2D eigenvalue weighted by Crippen LogP contribution is 2.19. The second-order valence-corrected chi connectivity index (χ2v) is 4.90. The Kier molecular flexibility index (Phi) is 5.30. The van der Waals surface area contributed by atoms with E-state index in [1.807, 2.05) is 11.6 Å². The summed E-state index contributed by atoms with van der Waals surface area (Å²) in [6.45, 7) is 1.86. The summed E-state index contributed by atoms with van der Waals surface area (Å²) in [5.41, 5.74) is 1.99. The first-order chi connectivity index (χ1) is 10.1. The number of imidazole rings is 1. The standard InChI is InChI=1S/C15H20FN3O2/c1-18-11-17-8-13(18)10-19(5-6-20)9-12-3-4-14(16)15(7-12)21-2/h3-4,7-8,11,20H,5-6,9-10H2,1-2H3. The van der Waals surface area contributed by atoms with E-state index in [1.165, 1.54) is 13.2 Å². The Labute approximate surface area is 123 Å². The molecule has 6 heteroatoms. The first-order valence-electron chi connectivity index (χ1n) is 6.75. The third-order valence-electron chi connectivity index (χ3n) is 3.34. The van der Waals surface area contributed by atoms with Crippen molar-refractivity contribution in [3.8, 4) is 5.75 Å². The molecule has 1 N–H and O–H groups in total. The van der Waals surface area contributed by atoms with Crippen LogP contribution in [0.1, 0.15) is 11.3 Å². The predicted octanol–water partition coefficient (Wildman–Crippen LogP) is 1.56. The van der Waals surface area contributed by atoms with Crippen molar-refractivity contribution in [1.82, 2.24) is 14.5 Å². The summed E-state index contributed by atoms with van der Waals surface area (Å²) in [4.78, 5) is 6.16. The van der Waals surface area contributed by atoms with E-state index in [2.05, 4.69) is 9.88 Å². The molecule has 5 nitrogen and oxygen atoms in total. The van der Waals surface area contributed by atoms with E-state index in [0.29, 0.717) is 19.6 Å². The van der Waals surface area contributed by atoms with Gasteiger partial charge in [0.05, 0.1) is 25.7 Å². The zero-order chi connectivity index (χ0) is 15.2. The number of rotatable bonds is 7. The number of aliphatic hydroxyl groups is 1. The lowest BCUT2D eigenvalue weighted by Gasteiger charge is -2.21. The molecular weight excluding hydrogens is 273 g/mol. The third-order valence-corrected chi connectivity index (χ3v) is 3.34. The molecule has 0 amide bonds. The lowest BCUT2D eigenvalue weighted by molar-refractivity contribution is 0.181. The Morgan fingerprint density at radius 2 is 2.19 bits per heavy atom. The van der Waals surface area contributed by atoms with Crippen molar-refractivity contribution in [2.75, 3.05) is 20.3 Å². The molecule has 114 valence electrons. The minimum Gasteiger partial charge on any atom is -0.494 e. The van der Waals surface area contributed by atoms with Crippen LogP contribution in [0.25, 0.3) is 0 Å². The molecule has 1 aromatic heterocycles. The SMILES string of the molecule is COc1cc(CN(CCO)Cc2cncn2C)ccc1F. The molecule has 2 aromatic rings. The number of aryl methyl sites for hydroxylation is 1. The van der Waals surface area contributed by atoms with Crippen LogP contribution in [0.15, 0.2) is 30.7 Å². The molecule has 1 aromatic carbocycles. The summed E-state index contributed by atoms with van der Waals surface area (Å²) in [7, 11) is 3.38. The van der Waals surface area contributed by atoms with E-state index < -0.39 is 0 Å². The van der Waals surface area contributed by atoms with Crippen LogP contribution in [0.4, 0.5) is 4.39 Å². The summed E-state index contributed by atoms with van der Waals surface area (Å²) >= 11 is 0. The molecule has 2 rings (SSSR count). The minimum atomic E-state index is -0.374. The molecule has 0 fully saturated rings. The van der Waals surface area contributed by atoms with Gasteiger partial charge in [-0.25, -0.2) is 9.37 Å². The highest BCUT2D eigenvalue weighted by molar-refractivity contribution is 5.30. The number of halogens is 1. The van der Waals surface area contributed by atoms with Crippen molar-refractivity contribution in [2.45, 2.75) is 13.1 Å². The van der Waals surface area contributed by atoms with Gasteiger partial charge in [0, 0.05) is 32.9 Å². The Morgan fingerprint density at radius 3 is 2.81 bits per heavy atom. The first-order valence-corrected chi connectivity index (χ1v) is 6.75. The number of hydrogen-bond donors (Lipinski definition) is 1. The van der Waals surface area contributed by atoms with E-state index in [9.17, 15) is 9.50 Å². The predicted molar refractivity (Wildman–Crippen MR) is 77.4 cm³/mol. The molecule has 0 bridgehead atoms. The number of benzene rings is 1. The van der Waals surface area contributed by atoms with Crippen LogP contribution >= 0.6 is 0 Å². The van der Waals surface area contributed by atoms with E-state index in [-0.39, 0.29) is 18.2 Å². The van der Waals surface area contributed by atoms with E-state index in [4.69, 9.17) is 4.74 Å². The van der Waals surface area contributed by atoms with Crippen LogP contribution in [0.3, 0.4) is 0 Å². The molecule has 0 aliphatic rings. The van der Waals surface area contributed by atoms with Gasteiger partial charge < -0.3 is 14.4 Å². The van der Waals surface area contributed by atoms with Crippen LogP contribution in [0.5, 0.6) is 5.75 Å². The van der Waals surface area contributed by atoms with Crippen LogP contribution < -0.4 is 4.74 Å². The lowest BCUT2D eigenvalue weighted by atomic mass is 10.2. The van der Waals surface area contributed by atoms with Crippen molar-refractivity contribution < 1.29 is 14.2 Å². The van der Waals surface area contributed by atoms with Gasteiger partial charge in [0.2, 0.25) is 0 Å². The number of aromatic nitrogens is 2. The Bertz CT molecular complexity index is 586. The second-order valence-electron chi connectivity index (χ2n) is 4.90. The van der Waals surface area contributed by atoms with Gasteiger partial charge in [-0.05, 0) is 17.7 Å². The van der Waals surface area contributed by atoms with Crippen LogP contribution in [0.2, 0.25) is 0 Å². The fourth-order valence-corrected chi connectivity index (χ4v) is 2.18. The van der Waals surface area contributed by atoms with Crippen molar-refractivity contribution in [1.29, 1.82) is 0 Å². The molecule has 0 aliphatic carbocycles.